The SMILES string of the molecule is CCCCCCc1c(C2=N[C@H](c3ccccc3)[C@@H](c3ccccc3)N2)cccc1C1=N[C@H](c2ccccc2)[C@@H](c2ccccc2)N1. The summed E-state index contributed by atoms with van der Waals surface area (Å²) in [7, 11) is 0. The molecule has 46 heavy (non-hydrogen) atoms. The number of hydrogen-bond donors (Lipinski definition) is 2. The van der Waals surface area contributed by atoms with Gasteiger partial charge in [-0.1, -0.05) is 166 Å². The van der Waals surface area contributed by atoms with Crippen molar-refractivity contribution in [3.05, 3.63) is 178 Å². The first-order valence-corrected chi connectivity index (χ1v) is 16.8. The molecule has 0 amide bonds. The quantitative estimate of drug-likeness (QED) is 0.148. The standard InChI is InChI=1S/C42H42N4/c1-2-3-4-17-27-34-35(41-43-37(30-19-9-5-10-20-30)38(44-41)31-21-11-6-12-22-31)28-18-29-36(34)42-45-39(32-23-13-7-14-24-32)40(46-42)33-25-15-8-16-26-33/h5-16,18-26,28-29,37-40H,2-4,17,27H2,1H3,(H,43,44)(H,45,46)/t37-,38-,39-,40-/m1/s1. The van der Waals surface area contributed by atoms with Gasteiger partial charge in [-0.3, -0.25) is 9.98 Å². The molecule has 5 aromatic rings. The molecule has 4 heteroatoms. The van der Waals surface area contributed by atoms with Gasteiger partial charge in [-0.2, -0.15) is 0 Å². The summed E-state index contributed by atoms with van der Waals surface area (Å²) in [5.41, 5.74) is 8.60. The molecule has 4 atom stereocenters. The third-order valence-electron chi connectivity index (χ3n) is 9.32. The summed E-state index contributed by atoms with van der Waals surface area (Å²) in [5.74, 6) is 1.93. The van der Waals surface area contributed by atoms with Gasteiger partial charge in [0.2, 0.25) is 0 Å². The van der Waals surface area contributed by atoms with Gasteiger partial charge in [0.1, 0.15) is 23.8 Å². The number of nitrogens with zero attached hydrogens (tertiary/aromatic N) is 2. The molecule has 0 radical (unpaired) electrons. The second-order valence-corrected chi connectivity index (χ2v) is 12.4. The van der Waals surface area contributed by atoms with Crippen molar-refractivity contribution in [2.24, 2.45) is 9.98 Å². The summed E-state index contributed by atoms with van der Waals surface area (Å²) in [5, 5.41) is 7.78. The van der Waals surface area contributed by atoms with Gasteiger partial charge in [0.05, 0.1) is 12.1 Å². The predicted molar refractivity (Wildman–Crippen MR) is 190 cm³/mol. The lowest BCUT2D eigenvalue weighted by molar-refractivity contribution is 0.572. The molecule has 2 aliphatic rings. The Morgan fingerprint density at radius 2 is 0.870 bits per heavy atom. The van der Waals surface area contributed by atoms with Crippen molar-refractivity contribution in [3.8, 4) is 0 Å². The van der Waals surface area contributed by atoms with E-state index in [1.165, 1.54) is 58.2 Å². The van der Waals surface area contributed by atoms with Crippen molar-refractivity contribution in [1.82, 2.24) is 10.6 Å². The molecule has 0 unspecified atom stereocenters. The van der Waals surface area contributed by atoms with Crippen LogP contribution < -0.4 is 10.6 Å². The van der Waals surface area contributed by atoms with Crippen LogP contribution in [-0.2, 0) is 6.42 Å². The zero-order valence-electron chi connectivity index (χ0n) is 26.5. The Balaban J connectivity index is 1.31. The minimum absolute atomic E-state index is 0.0120. The average molecular weight is 603 g/mol. The maximum Gasteiger partial charge on any atom is 0.129 e. The van der Waals surface area contributed by atoms with Crippen LogP contribution in [0.2, 0.25) is 0 Å². The number of amidine groups is 2. The lowest BCUT2D eigenvalue weighted by Gasteiger charge is -2.21. The number of unbranched alkanes of at least 4 members (excludes halogenated alkanes) is 3. The molecule has 0 saturated heterocycles. The fraction of sp³-hybridized carbons (Fsp3) is 0.238. The smallest absolute Gasteiger partial charge is 0.129 e. The van der Waals surface area contributed by atoms with Crippen molar-refractivity contribution >= 4 is 11.7 Å². The minimum Gasteiger partial charge on any atom is -0.361 e. The monoisotopic (exact) mass is 602 g/mol. The zero-order chi connectivity index (χ0) is 31.1. The first-order valence-electron chi connectivity index (χ1n) is 16.8. The topological polar surface area (TPSA) is 48.8 Å². The van der Waals surface area contributed by atoms with Gasteiger partial charge in [-0.05, 0) is 40.7 Å². The Labute approximate surface area is 273 Å². The fourth-order valence-electron chi connectivity index (χ4n) is 6.96. The summed E-state index contributed by atoms with van der Waals surface area (Å²) < 4.78 is 0. The van der Waals surface area contributed by atoms with E-state index in [2.05, 4.69) is 157 Å². The molecule has 0 saturated carbocycles. The first-order chi connectivity index (χ1) is 22.8. The Bertz CT molecular complexity index is 1660. The van der Waals surface area contributed by atoms with Crippen molar-refractivity contribution in [3.63, 3.8) is 0 Å². The summed E-state index contributed by atoms with van der Waals surface area (Å²) in [6.07, 6.45) is 5.78. The molecule has 230 valence electrons. The largest absolute Gasteiger partial charge is 0.361 e. The summed E-state index contributed by atoms with van der Waals surface area (Å²) in [4.78, 5) is 10.9. The maximum absolute atomic E-state index is 5.43. The van der Waals surface area contributed by atoms with E-state index in [-0.39, 0.29) is 24.2 Å². The minimum atomic E-state index is -0.0120. The van der Waals surface area contributed by atoms with Crippen LogP contribution in [0.5, 0.6) is 0 Å². The van der Waals surface area contributed by atoms with E-state index in [9.17, 15) is 0 Å². The van der Waals surface area contributed by atoms with Crippen LogP contribution >= 0.6 is 0 Å². The van der Waals surface area contributed by atoms with Gasteiger partial charge in [-0.25, -0.2) is 0 Å². The Kier molecular flexibility index (Phi) is 9.04. The maximum atomic E-state index is 5.43. The van der Waals surface area contributed by atoms with Crippen molar-refractivity contribution in [2.45, 2.75) is 63.2 Å². The Morgan fingerprint density at radius 1 is 0.457 bits per heavy atom. The number of nitrogens with one attached hydrogen (secondary N) is 2. The average Bonchev–Trinajstić information content (AvgIpc) is 3.78. The molecular weight excluding hydrogens is 560 g/mol. The van der Waals surface area contributed by atoms with E-state index in [1.807, 2.05) is 0 Å². The van der Waals surface area contributed by atoms with E-state index in [0.29, 0.717) is 0 Å². The van der Waals surface area contributed by atoms with E-state index >= 15 is 0 Å². The highest BCUT2D eigenvalue weighted by Gasteiger charge is 2.35. The van der Waals surface area contributed by atoms with Crippen LogP contribution in [0, 0.1) is 0 Å². The summed E-state index contributed by atoms with van der Waals surface area (Å²) in [6.45, 7) is 2.27. The second kappa shape index (κ2) is 14.0. The van der Waals surface area contributed by atoms with E-state index in [4.69, 9.17) is 9.98 Å². The van der Waals surface area contributed by atoms with Gasteiger partial charge >= 0.3 is 0 Å². The van der Waals surface area contributed by atoms with Crippen LogP contribution in [0.1, 0.15) is 95.7 Å². The summed E-state index contributed by atoms with van der Waals surface area (Å²) >= 11 is 0. The molecule has 7 rings (SSSR count). The van der Waals surface area contributed by atoms with Gasteiger partial charge in [0.15, 0.2) is 0 Å². The third-order valence-corrected chi connectivity index (χ3v) is 9.32. The first kappa shape index (κ1) is 29.7. The Morgan fingerprint density at radius 3 is 1.28 bits per heavy atom. The van der Waals surface area contributed by atoms with Gasteiger partial charge < -0.3 is 10.6 Å². The van der Waals surface area contributed by atoms with E-state index in [0.717, 1.165) is 24.5 Å². The number of rotatable bonds is 11. The zero-order valence-corrected chi connectivity index (χ0v) is 26.5. The Hall–Kier alpha value is -4.96. The van der Waals surface area contributed by atoms with Gasteiger partial charge in [-0.15, -0.1) is 0 Å². The normalized spacial score (nSPS) is 20.5. The lowest BCUT2D eigenvalue weighted by Crippen LogP contribution is -2.28. The molecule has 2 aliphatic heterocycles. The van der Waals surface area contributed by atoms with Crippen LogP contribution in [-0.4, -0.2) is 11.7 Å². The highest BCUT2D eigenvalue weighted by Crippen LogP contribution is 2.40. The molecule has 2 heterocycles. The molecule has 5 aromatic carbocycles. The van der Waals surface area contributed by atoms with Crippen molar-refractivity contribution in [1.29, 1.82) is 0 Å². The third kappa shape index (κ3) is 6.25. The van der Waals surface area contributed by atoms with E-state index < -0.39 is 0 Å². The predicted octanol–water partition coefficient (Wildman–Crippen LogP) is 9.47. The molecule has 0 aromatic heterocycles. The molecule has 2 N–H and O–H groups in total. The number of aliphatic imine (C=N–C) groups is 2. The van der Waals surface area contributed by atoms with Gasteiger partial charge in [0.25, 0.3) is 0 Å². The van der Waals surface area contributed by atoms with Crippen LogP contribution in [0.4, 0.5) is 0 Å². The fourth-order valence-corrected chi connectivity index (χ4v) is 6.96. The van der Waals surface area contributed by atoms with E-state index in [1.54, 1.807) is 0 Å². The molecule has 0 spiro atoms. The number of benzene rings is 5. The highest BCUT2D eigenvalue weighted by molar-refractivity contribution is 6.07. The highest BCUT2D eigenvalue weighted by atomic mass is 15.1. The second-order valence-electron chi connectivity index (χ2n) is 12.4. The molecular formula is C42H42N4. The van der Waals surface area contributed by atoms with Gasteiger partial charge in [0, 0.05) is 11.1 Å². The molecule has 0 bridgehead atoms. The van der Waals surface area contributed by atoms with Crippen LogP contribution in [0.15, 0.2) is 150 Å². The summed E-state index contributed by atoms with van der Waals surface area (Å²) in [6, 6.07) is 49.6. The van der Waals surface area contributed by atoms with Crippen LogP contribution in [0.3, 0.4) is 0 Å². The number of hydrogen-bond acceptors (Lipinski definition) is 4. The molecule has 0 fully saturated rings. The van der Waals surface area contributed by atoms with Crippen LogP contribution in [0.25, 0.3) is 0 Å². The van der Waals surface area contributed by atoms with Crippen molar-refractivity contribution in [2.75, 3.05) is 0 Å². The molecule has 4 nitrogen and oxygen atoms in total. The lowest BCUT2D eigenvalue weighted by atomic mass is 9.93. The molecule has 0 aliphatic carbocycles. The van der Waals surface area contributed by atoms with Crippen molar-refractivity contribution < 1.29 is 0 Å².